The van der Waals surface area contributed by atoms with Crippen LogP contribution in [0.4, 0.5) is 0 Å². The maximum absolute atomic E-state index is 11.0. The van der Waals surface area contributed by atoms with Crippen LogP contribution in [0.25, 0.3) is 11.3 Å². The summed E-state index contributed by atoms with van der Waals surface area (Å²) in [7, 11) is 1.79. The summed E-state index contributed by atoms with van der Waals surface area (Å²) in [6, 6.07) is 7.89. The fourth-order valence-corrected chi connectivity index (χ4v) is 2.68. The lowest BCUT2D eigenvalue weighted by molar-refractivity contribution is 0.0689. The first kappa shape index (κ1) is 11.0. The van der Waals surface area contributed by atoms with E-state index in [-0.39, 0.29) is 5.69 Å². The number of fused-ring (bicyclic) bond motifs is 1. The van der Waals surface area contributed by atoms with Crippen LogP contribution in [0.5, 0.6) is 0 Å². The Balaban J connectivity index is 2.16. The summed E-state index contributed by atoms with van der Waals surface area (Å²) in [5.41, 5.74) is 4.82. The highest BCUT2D eigenvalue weighted by Gasteiger charge is 2.19. The zero-order valence-corrected chi connectivity index (χ0v) is 10.2. The minimum atomic E-state index is -0.982. The van der Waals surface area contributed by atoms with Crippen LogP contribution in [0.15, 0.2) is 24.3 Å². The molecular formula is C14H14N2O2. The summed E-state index contributed by atoms with van der Waals surface area (Å²) < 4.78 is 1.65. The van der Waals surface area contributed by atoms with Gasteiger partial charge in [0, 0.05) is 12.6 Å². The van der Waals surface area contributed by atoms with Crippen molar-refractivity contribution in [1.82, 2.24) is 9.78 Å². The zero-order chi connectivity index (χ0) is 12.7. The van der Waals surface area contributed by atoms with E-state index >= 15 is 0 Å². The van der Waals surface area contributed by atoms with Crippen molar-refractivity contribution in [3.63, 3.8) is 0 Å². The van der Waals surface area contributed by atoms with Crippen LogP contribution in [0.1, 0.15) is 28.0 Å². The first-order valence-electron chi connectivity index (χ1n) is 6.05. The maximum atomic E-state index is 11.0. The molecule has 0 aliphatic heterocycles. The molecule has 4 heteroatoms. The molecule has 1 aliphatic rings. The van der Waals surface area contributed by atoms with Crippen molar-refractivity contribution in [2.75, 3.05) is 0 Å². The Morgan fingerprint density at radius 3 is 2.94 bits per heavy atom. The van der Waals surface area contributed by atoms with Gasteiger partial charge in [0.25, 0.3) is 0 Å². The monoisotopic (exact) mass is 242 g/mol. The number of aryl methyl sites for hydroxylation is 2. The van der Waals surface area contributed by atoms with Crippen LogP contribution in [0, 0.1) is 0 Å². The summed E-state index contributed by atoms with van der Waals surface area (Å²) in [4.78, 5) is 11.0. The first-order valence-corrected chi connectivity index (χ1v) is 6.05. The molecule has 2 aromatic rings. The summed E-state index contributed by atoms with van der Waals surface area (Å²) in [6.45, 7) is 0. The third-order valence-corrected chi connectivity index (χ3v) is 3.52. The number of carbonyl (C=O) groups is 1. The van der Waals surface area contributed by atoms with Crippen LogP contribution >= 0.6 is 0 Å². The molecule has 1 N–H and O–H groups in total. The number of aromatic carboxylic acids is 1. The van der Waals surface area contributed by atoms with Crippen molar-refractivity contribution in [3.05, 3.63) is 41.1 Å². The number of hydrogen-bond acceptors (Lipinski definition) is 2. The maximum Gasteiger partial charge on any atom is 0.356 e. The number of carboxylic acids is 1. The van der Waals surface area contributed by atoms with Crippen LogP contribution in [0.2, 0.25) is 0 Å². The average Bonchev–Trinajstić information content (AvgIpc) is 2.94. The van der Waals surface area contributed by atoms with Gasteiger partial charge in [-0.3, -0.25) is 4.68 Å². The predicted octanol–water partition coefficient (Wildman–Crippen LogP) is 2.27. The molecule has 1 aliphatic carbocycles. The van der Waals surface area contributed by atoms with E-state index in [1.807, 2.05) is 12.1 Å². The molecule has 0 bridgehead atoms. The Bertz CT molecular complexity index is 629. The standard InChI is InChI=1S/C14H14N2O2/c1-16-13(8-12(15-16)14(17)18)11-7-3-5-9-4-2-6-10(9)11/h3,5,7-8H,2,4,6H2,1H3,(H,17,18). The van der Waals surface area contributed by atoms with Gasteiger partial charge in [0.2, 0.25) is 0 Å². The number of rotatable bonds is 2. The van der Waals surface area contributed by atoms with E-state index in [1.165, 1.54) is 17.5 Å². The molecule has 18 heavy (non-hydrogen) atoms. The van der Waals surface area contributed by atoms with Gasteiger partial charge < -0.3 is 5.11 Å². The van der Waals surface area contributed by atoms with Crippen LogP contribution in [0.3, 0.4) is 0 Å². The van der Waals surface area contributed by atoms with E-state index in [9.17, 15) is 4.79 Å². The number of aromatic nitrogens is 2. The molecule has 0 unspecified atom stereocenters. The quantitative estimate of drug-likeness (QED) is 0.879. The van der Waals surface area contributed by atoms with Crippen LogP contribution in [-0.4, -0.2) is 20.9 Å². The van der Waals surface area contributed by atoms with Gasteiger partial charge in [0.15, 0.2) is 5.69 Å². The van der Waals surface area contributed by atoms with E-state index in [4.69, 9.17) is 5.11 Å². The topological polar surface area (TPSA) is 55.1 Å². The van der Waals surface area contributed by atoms with Gasteiger partial charge in [0.1, 0.15) is 0 Å². The van der Waals surface area contributed by atoms with Crippen molar-refractivity contribution >= 4 is 5.97 Å². The predicted molar refractivity (Wildman–Crippen MR) is 67.6 cm³/mol. The number of nitrogens with zero attached hydrogens (tertiary/aromatic N) is 2. The Morgan fingerprint density at radius 2 is 2.22 bits per heavy atom. The summed E-state index contributed by atoms with van der Waals surface area (Å²) in [5.74, 6) is -0.982. The molecule has 1 heterocycles. The van der Waals surface area contributed by atoms with Crippen LogP contribution in [-0.2, 0) is 19.9 Å². The molecule has 0 fully saturated rings. The first-order chi connectivity index (χ1) is 8.66. The van der Waals surface area contributed by atoms with Gasteiger partial charge in [-0.2, -0.15) is 5.10 Å². The van der Waals surface area contributed by atoms with Crippen molar-refractivity contribution < 1.29 is 9.90 Å². The van der Waals surface area contributed by atoms with Gasteiger partial charge in [-0.15, -0.1) is 0 Å². The number of carboxylic acid groups (broad SMARTS) is 1. The molecule has 0 amide bonds. The Morgan fingerprint density at radius 1 is 1.39 bits per heavy atom. The molecule has 92 valence electrons. The Labute approximate surface area is 105 Å². The molecular weight excluding hydrogens is 228 g/mol. The largest absolute Gasteiger partial charge is 0.476 e. The fourth-order valence-electron chi connectivity index (χ4n) is 2.68. The third kappa shape index (κ3) is 1.61. The second-order valence-corrected chi connectivity index (χ2v) is 4.64. The summed E-state index contributed by atoms with van der Waals surface area (Å²) in [5, 5.41) is 13.0. The number of hydrogen-bond donors (Lipinski definition) is 1. The van der Waals surface area contributed by atoms with Crippen molar-refractivity contribution in [3.8, 4) is 11.3 Å². The van der Waals surface area contributed by atoms with E-state index < -0.39 is 5.97 Å². The zero-order valence-electron chi connectivity index (χ0n) is 10.2. The van der Waals surface area contributed by atoms with Crippen LogP contribution < -0.4 is 0 Å². The minimum absolute atomic E-state index is 0.100. The van der Waals surface area contributed by atoms with Gasteiger partial charge in [-0.05, 0) is 36.5 Å². The highest BCUT2D eigenvalue weighted by molar-refractivity contribution is 5.87. The molecule has 0 atom stereocenters. The Hall–Kier alpha value is -2.10. The smallest absolute Gasteiger partial charge is 0.356 e. The van der Waals surface area contributed by atoms with Crippen molar-refractivity contribution in [2.24, 2.45) is 7.05 Å². The lowest BCUT2D eigenvalue weighted by atomic mass is 10.0. The van der Waals surface area contributed by atoms with Gasteiger partial charge in [0.05, 0.1) is 5.69 Å². The molecule has 0 radical (unpaired) electrons. The van der Waals surface area contributed by atoms with Gasteiger partial charge >= 0.3 is 5.97 Å². The summed E-state index contributed by atoms with van der Waals surface area (Å²) in [6.07, 6.45) is 3.36. The highest BCUT2D eigenvalue weighted by Crippen LogP contribution is 2.32. The molecule has 4 nitrogen and oxygen atoms in total. The van der Waals surface area contributed by atoms with Gasteiger partial charge in [-0.25, -0.2) is 4.79 Å². The molecule has 0 saturated carbocycles. The van der Waals surface area contributed by atoms with E-state index in [0.717, 1.165) is 24.1 Å². The Kier molecular flexibility index (Phi) is 2.44. The van der Waals surface area contributed by atoms with E-state index in [1.54, 1.807) is 17.8 Å². The minimum Gasteiger partial charge on any atom is -0.476 e. The second kappa shape index (κ2) is 3.98. The van der Waals surface area contributed by atoms with Crippen molar-refractivity contribution in [1.29, 1.82) is 0 Å². The molecule has 3 rings (SSSR count). The van der Waals surface area contributed by atoms with E-state index in [2.05, 4.69) is 11.2 Å². The molecule has 0 saturated heterocycles. The molecule has 0 spiro atoms. The number of benzene rings is 1. The third-order valence-electron chi connectivity index (χ3n) is 3.52. The SMILES string of the molecule is Cn1nc(C(=O)O)cc1-c1cccc2c1CCC2. The normalized spacial score (nSPS) is 13.6. The average molecular weight is 242 g/mol. The van der Waals surface area contributed by atoms with Gasteiger partial charge in [-0.1, -0.05) is 18.2 Å². The lowest BCUT2D eigenvalue weighted by Crippen LogP contribution is -1.99. The molecule has 1 aromatic heterocycles. The lowest BCUT2D eigenvalue weighted by Gasteiger charge is -2.08. The second-order valence-electron chi connectivity index (χ2n) is 4.64. The highest BCUT2D eigenvalue weighted by atomic mass is 16.4. The fraction of sp³-hybridized carbons (Fsp3) is 0.286. The molecule has 1 aromatic carbocycles. The summed E-state index contributed by atoms with van der Waals surface area (Å²) >= 11 is 0. The van der Waals surface area contributed by atoms with Crippen molar-refractivity contribution in [2.45, 2.75) is 19.3 Å². The van der Waals surface area contributed by atoms with E-state index in [0.29, 0.717) is 0 Å².